The minimum absolute atomic E-state index is 0.0699. The van der Waals surface area contributed by atoms with Gasteiger partial charge in [0.2, 0.25) is 0 Å². The summed E-state index contributed by atoms with van der Waals surface area (Å²) in [5.74, 6) is 0.810. The van der Waals surface area contributed by atoms with Gasteiger partial charge in [-0.2, -0.15) is 0 Å². The molecular weight excluding hydrogens is 424 g/mol. The van der Waals surface area contributed by atoms with Crippen LogP contribution in [0.1, 0.15) is 120 Å². The van der Waals surface area contributed by atoms with Gasteiger partial charge in [0.25, 0.3) is 0 Å². The van der Waals surface area contributed by atoms with Crippen molar-refractivity contribution in [2.75, 3.05) is 0 Å². The molecule has 5 nitrogen and oxygen atoms in total. The highest BCUT2D eigenvalue weighted by atomic mass is 16.4. The number of aromatic nitrogens is 2. The summed E-state index contributed by atoms with van der Waals surface area (Å²) >= 11 is 0. The smallest absolute Gasteiger partial charge is 0.306 e. The zero-order chi connectivity index (χ0) is 24.1. The Morgan fingerprint density at radius 2 is 1.65 bits per heavy atom. The molecule has 5 heteroatoms. The van der Waals surface area contributed by atoms with Crippen LogP contribution >= 0.6 is 0 Å². The summed E-state index contributed by atoms with van der Waals surface area (Å²) in [4.78, 5) is 30.1. The lowest BCUT2D eigenvalue weighted by Gasteiger charge is -2.24. The molecule has 1 N–H and O–H groups in total. The maximum atomic E-state index is 13.2. The minimum Gasteiger partial charge on any atom is -0.481 e. The molecule has 4 rings (SSSR count). The van der Waals surface area contributed by atoms with Crippen molar-refractivity contribution in [2.45, 2.75) is 110 Å². The molecule has 1 aromatic carbocycles. The monoisotopic (exact) mass is 466 g/mol. The molecule has 0 aliphatic heterocycles. The van der Waals surface area contributed by atoms with E-state index < -0.39 is 11.9 Å². The van der Waals surface area contributed by atoms with E-state index in [4.69, 9.17) is 4.98 Å². The molecule has 0 radical (unpaired) electrons. The van der Waals surface area contributed by atoms with Crippen LogP contribution in [0, 0.1) is 17.8 Å². The minimum atomic E-state index is -0.836. The Bertz CT molecular complexity index is 979. The summed E-state index contributed by atoms with van der Waals surface area (Å²) < 4.78 is 2.42. The fourth-order valence-corrected chi connectivity index (χ4v) is 6.44. The van der Waals surface area contributed by atoms with Crippen LogP contribution in [-0.2, 0) is 11.2 Å². The number of Topliss-reactive ketones (excluding diaryl/α,β-unsaturated/α-hetero) is 1. The molecule has 34 heavy (non-hydrogen) atoms. The summed E-state index contributed by atoms with van der Waals surface area (Å²) in [7, 11) is 0. The van der Waals surface area contributed by atoms with Crippen LogP contribution in [0.2, 0.25) is 0 Å². The maximum absolute atomic E-state index is 13.2. The predicted octanol–water partition coefficient (Wildman–Crippen LogP) is 7.37. The van der Waals surface area contributed by atoms with Crippen molar-refractivity contribution in [1.29, 1.82) is 0 Å². The lowest BCUT2D eigenvalue weighted by Crippen LogP contribution is -2.22. The molecule has 2 aliphatic rings. The average molecular weight is 467 g/mol. The van der Waals surface area contributed by atoms with E-state index in [2.05, 4.69) is 18.4 Å². The normalized spacial score (nSPS) is 18.7. The van der Waals surface area contributed by atoms with Gasteiger partial charge >= 0.3 is 5.97 Å². The largest absolute Gasteiger partial charge is 0.481 e. The van der Waals surface area contributed by atoms with Gasteiger partial charge in [0.1, 0.15) is 5.82 Å². The van der Waals surface area contributed by atoms with Gasteiger partial charge in [-0.1, -0.05) is 71.6 Å². The number of carbonyl (C=O) groups is 2. The lowest BCUT2D eigenvalue weighted by molar-refractivity contribution is -0.142. The number of carboxylic acid groups (broad SMARTS) is 1. The van der Waals surface area contributed by atoms with Crippen LogP contribution in [0.5, 0.6) is 0 Å². The number of benzene rings is 1. The molecule has 0 amide bonds. The first-order valence-corrected chi connectivity index (χ1v) is 13.8. The third-order valence-electron chi connectivity index (χ3n) is 8.46. The van der Waals surface area contributed by atoms with Crippen molar-refractivity contribution in [3.8, 4) is 0 Å². The van der Waals surface area contributed by atoms with Gasteiger partial charge in [0.05, 0.1) is 17.0 Å². The van der Waals surface area contributed by atoms with E-state index in [0.717, 1.165) is 49.0 Å². The summed E-state index contributed by atoms with van der Waals surface area (Å²) in [6.07, 6.45) is 14.9. The highest BCUT2D eigenvalue weighted by Crippen LogP contribution is 2.33. The number of fused-ring (bicyclic) bond motifs is 1. The first-order valence-electron chi connectivity index (χ1n) is 13.8. The second-order valence-corrected chi connectivity index (χ2v) is 10.8. The molecule has 2 aliphatic carbocycles. The lowest BCUT2D eigenvalue weighted by atomic mass is 9.81. The average Bonchev–Trinajstić information content (AvgIpc) is 3.48. The number of carbonyl (C=O) groups excluding carboxylic acids is 1. The third-order valence-corrected chi connectivity index (χ3v) is 8.46. The molecule has 0 bridgehead atoms. The number of carboxylic acids is 1. The number of hydrogen-bond donors (Lipinski definition) is 1. The van der Waals surface area contributed by atoms with Crippen LogP contribution in [0.3, 0.4) is 0 Å². The second-order valence-electron chi connectivity index (χ2n) is 10.8. The number of nitrogens with zero attached hydrogens (tertiary/aromatic N) is 2. The SMILES string of the molecule is CCC(CC)n1c(CC2CCCC2)nc2cc(C(=O)C[C@@H](CC3CCCCC3)C(=O)O)ccc21. The molecule has 2 saturated carbocycles. The van der Waals surface area contributed by atoms with E-state index in [-0.39, 0.29) is 12.2 Å². The maximum Gasteiger partial charge on any atom is 0.306 e. The molecule has 2 fully saturated rings. The highest BCUT2D eigenvalue weighted by Gasteiger charge is 2.27. The summed E-state index contributed by atoms with van der Waals surface area (Å²) in [5, 5.41) is 9.79. The van der Waals surface area contributed by atoms with Gasteiger partial charge in [-0.3, -0.25) is 9.59 Å². The van der Waals surface area contributed by atoms with Crippen molar-refractivity contribution >= 4 is 22.8 Å². The number of hydrogen-bond acceptors (Lipinski definition) is 3. The van der Waals surface area contributed by atoms with Crippen molar-refractivity contribution in [3.63, 3.8) is 0 Å². The standard InChI is InChI=1S/C29H42N2O3/c1-3-24(4-2)31-26-15-14-22(18-25(26)30-28(31)17-21-12-8-9-13-21)27(32)19-23(29(33)34)16-20-10-6-5-7-11-20/h14-15,18,20-21,23-24H,3-13,16-17,19H2,1-2H3,(H,33,34)/t23-/m1/s1. The van der Waals surface area contributed by atoms with Gasteiger partial charge in [0.15, 0.2) is 5.78 Å². The van der Waals surface area contributed by atoms with E-state index in [9.17, 15) is 14.7 Å². The van der Waals surface area contributed by atoms with Crippen molar-refractivity contribution in [1.82, 2.24) is 9.55 Å². The molecule has 1 atom stereocenters. The number of imidazole rings is 1. The fourth-order valence-electron chi connectivity index (χ4n) is 6.44. The van der Waals surface area contributed by atoms with E-state index in [0.29, 0.717) is 29.9 Å². The van der Waals surface area contributed by atoms with Crippen LogP contribution in [-0.4, -0.2) is 26.4 Å². The Hall–Kier alpha value is -2.17. The second kappa shape index (κ2) is 11.5. The van der Waals surface area contributed by atoms with Crippen molar-refractivity contribution in [2.24, 2.45) is 17.8 Å². The molecular formula is C29H42N2O3. The van der Waals surface area contributed by atoms with Crippen LogP contribution in [0.4, 0.5) is 0 Å². The Morgan fingerprint density at radius 3 is 2.29 bits per heavy atom. The third kappa shape index (κ3) is 5.72. The molecule has 0 spiro atoms. The quantitative estimate of drug-likeness (QED) is 0.351. The number of rotatable bonds is 11. The Morgan fingerprint density at radius 1 is 1.00 bits per heavy atom. The molecule has 1 heterocycles. The summed E-state index contributed by atoms with van der Waals surface area (Å²) in [6, 6.07) is 6.26. The molecule has 0 unspecified atom stereocenters. The van der Waals surface area contributed by atoms with E-state index in [1.165, 1.54) is 44.9 Å². The number of ketones is 1. The van der Waals surface area contributed by atoms with E-state index in [1.807, 2.05) is 18.2 Å². The van der Waals surface area contributed by atoms with Crippen LogP contribution < -0.4 is 0 Å². The zero-order valence-corrected chi connectivity index (χ0v) is 21.1. The van der Waals surface area contributed by atoms with Crippen LogP contribution in [0.15, 0.2) is 18.2 Å². The highest BCUT2D eigenvalue weighted by molar-refractivity contribution is 6.00. The van der Waals surface area contributed by atoms with E-state index in [1.54, 1.807) is 0 Å². The molecule has 186 valence electrons. The topological polar surface area (TPSA) is 72.2 Å². The molecule has 0 saturated heterocycles. The van der Waals surface area contributed by atoms with Gasteiger partial charge in [-0.15, -0.1) is 0 Å². The Labute approximate surface area is 204 Å². The van der Waals surface area contributed by atoms with Gasteiger partial charge in [-0.05, 0) is 49.3 Å². The van der Waals surface area contributed by atoms with Crippen molar-refractivity contribution in [3.05, 3.63) is 29.6 Å². The molecule has 2 aromatic rings. The van der Waals surface area contributed by atoms with Gasteiger partial charge in [0, 0.05) is 24.4 Å². The van der Waals surface area contributed by atoms with Crippen molar-refractivity contribution < 1.29 is 14.7 Å². The zero-order valence-electron chi connectivity index (χ0n) is 21.1. The molecule has 1 aromatic heterocycles. The fraction of sp³-hybridized carbons (Fsp3) is 0.690. The first kappa shape index (κ1) is 24.9. The van der Waals surface area contributed by atoms with E-state index >= 15 is 0 Å². The van der Waals surface area contributed by atoms with Crippen LogP contribution in [0.25, 0.3) is 11.0 Å². The van der Waals surface area contributed by atoms with Gasteiger partial charge < -0.3 is 9.67 Å². The summed E-state index contributed by atoms with van der Waals surface area (Å²) in [5.41, 5.74) is 2.59. The Kier molecular flexibility index (Phi) is 8.44. The predicted molar refractivity (Wildman–Crippen MR) is 136 cm³/mol. The number of aliphatic carboxylic acids is 1. The Balaban J connectivity index is 1.56. The van der Waals surface area contributed by atoms with Gasteiger partial charge in [-0.25, -0.2) is 4.98 Å². The summed E-state index contributed by atoms with van der Waals surface area (Å²) in [6.45, 7) is 4.46. The first-order chi connectivity index (χ1) is 16.5.